The van der Waals surface area contributed by atoms with Crippen LogP contribution in [0.1, 0.15) is 118 Å². The molecule has 0 heterocycles. The molecule has 1 aliphatic carbocycles. The lowest BCUT2D eigenvalue weighted by Gasteiger charge is -2.11. The zero-order valence-corrected chi connectivity index (χ0v) is 32.9. The lowest BCUT2D eigenvalue weighted by atomic mass is 10.0. The van der Waals surface area contributed by atoms with Gasteiger partial charge in [0.15, 0.2) is 0 Å². The first-order valence-electron chi connectivity index (χ1n) is 18.3. The van der Waals surface area contributed by atoms with E-state index in [4.69, 9.17) is 11.6 Å². The van der Waals surface area contributed by atoms with Crippen LogP contribution in [-0.4, -0.2) is 49.3 Å². The lowest BCUT2D eigenvalue weighted by Crippen LogP contribution is -2.33. The van der Waals surface area contributed by atoms with Gasteiger partial charge in [0.25, 0.3) is 0 Å². The quantitative estimate of drug-likeness (QED) is 0.121. The Morgan fingerprint density at radius 3 is 1.36 bits per heavy atom. The molecule has 0 saturated heterocycles. The molecule has 1 unspecified atom stereocenters. The largest absolute Gasteiger partial charge is 0.356 e. The lowest BCUT2D eigenvalue weighted by molar-refractivity contribution is -0.120. The Kier molecular flexibility index (Phi) is 35.1. The van der Waals surface area contributed by atoms with Gasteiger partial charge < -0.3 is 21.3 Å². The Morgan fingerprint density at radius 2 is 0.966 bits per heavy atom. The molecule has 4 aromatic carbocycles. The van der Waals surface area contributed by atoms with E-state index in [1.165, 1.54) is 47.2 Å². The van der Waals surface area contributed by atoms with E-state index in [0.717, 1.165) is 43.7 Å². The molecule has 8 nitrogen and oxygen atoms in total. The van der Waals surface area contributed by atoms with Crippen molar-refractivity contribution in [3.63, 3.8) is 0 Å². The van der Waals surface area contributed by atoms with E-state index in [9.17, 15) is 19.2 Å². The number of carbonyl (C=O) groups excluding carboxylic acids is 4. The molecule has 1 atom stereocenters. The van der Waals surface area contributed by atoms with Crippen LogP contribution in [0.5, 0.6) is 0 Å². The van der Waals surface area contributed by atoms with Crippen LogP contribution >= 0.6 is 11.6 Å². The van der Waals surface area contributed by atoms with Crippen molar-refractivity contribution in [2.75, 3.05) is 19.6 Å². The van der Waals surface area contributed by atoms with Crippen molar-refractivity contribution in [1.82, 2.24) is 21.3 Å². The Bertz CT molecular complexity index is 1650. The second kappa shape index (κ2) is 34.1. The number of fused-ring (bicyclic) bond motifs is 1. The molecule has 9 heteroatoms. The molecule has 4 N–H and O–H groups in total. The van der Waals surface area contributed by atoms with E-state index in [0.29, 0.717) is 25.0 Å². The Morgan fingerprint density at radius 1 is 0.569 bits per heavy atom. The monoisotopic (exact) mass is 821 g/mol. The average Bonchev–Trinajstić information content (AvgIpc) is 3.54. The predicted octanol–water partition coefficient (Wildman–Crippen LogP) is 10.3. The number of amides is 4. The van der Waals surface area contributed by atoms with Gasteiger partial charge in [0, 0.05) is 58.4 Å². The van der Waals surface area contributed by atoms with Gasteiger partial charge in [-0.3, -0.25) is 19.2 Å². The molecule has 0 radical (unpaired) electrons. The van der Waals surface area contributed by atoms with Crippen molar-refractivity contribution < 1.29 is 19.2 Å². The molecular weight excluding hydrogens is 744 g/mol. The van der Waals surface area contributed by atoms with Crippen molar-refractivity contribution in [3.05, 3.63) is 142 Å². The first-order valence-corrected chi connectivity index (χ1v) is 18.7. The van der Waals surface area contributed by atoms with Crippen LogP contribution in [0.25, 0.3) is 0 Å². The molecule has 4 aromatic rings. The summed E-state index contributed by atoms with van der Waals surface area (Å²) < 4.78 is 0. The number of carbonyl (C=O) groups is 4. The number of halogens is 1. The summed E-state index contributed by atoms with van der Waals surface area (Å²) in [7, 11) is 0. The minimum Gasteiger partial charge on any atom is -0.356 e. The number of benzene rings is 4. The molecule has 58 heavy (non-hydrogen) atoms. The highest BCUT2D eigenvalue weighted by molar-refractivity contribution is 6.30. The summed E-state index contributed by atoms with van der Waals surface area (Å²) in [6.45, 7) is 12.5. The number of aryl methyl sites for hydroxylation is 1. The first kappa shape index (κ1) is 59.7. The molecular formula is C49H77ClN4O4. The topological polar surface area (TPSA) is 116 Å². The maximum atomic E-state index is 10.8. The Hall–Kier alpha value is -4.95. The second-order valence-electron chi connectivity index (χ2n) is 13.1. The summed E-state index contributed by atoms with van der Waals surface area (Å²) in [6, 6.07) is 35.0. The molecule has 5 rings (SSSR count). The van der Waals surface area contributed by atoms with Gasteiger partial charge in [0.05, 0.1) is 0 Å². The van der Waals surface area contributed by atoms with Gasteiger partial charge in [-0.05, 0) is 83.5 Å². The van der Waals surface area contributed by atoms with Gasteiger partial charge in [0.1, 0.15) is 0 Å². The highest BCUT2D eigenvalue weighted by atomic mass is 35.5. The minimum absolute atomic E-state index is 0. The summed E-state index contributed by atoms with van der Waals surface area (Å²) >= 11 is 5.73. The van der Waals surface area contributed by atoms with E-state index in [2.05, 4.69) is 95.8 Å². The molecule has 0 aliphatic heterocycles. The summed E-state index contributed by atoms with van der Waals surface area (Å²) in [6.07, 6.45) is 4.79. The number of rotatable bonds is 11. The highest BCUT2D eigenvalue weighted by Crippen LogP contribution is 2.21. The maximum absolute atomic E-state index is 10.8. The van der Waals surface area contributed by atoms with Crippen molar-refractivity contribution in [2.24, 2.45) is 0 Å². The Balaban J connectivity index is -0.000000326. The minimum atomic E-state index is 0. The van der Waals surface area contributed by atoms with Crippen molar-refractivity contribution in [2.45, 2.75) is 123 Å². The standard InChI is InChI=1S/C12H17NO.C11H13NO.C11H15NO.C10H12ClNO.5CH4/c1-3-11-4-6-12(7-5-11)8-9-13-10(2)14;1-8(13)12-11-6-9-4-2-3-5-10(9)7-11;1-9(8-12-10(2)13)11-6-4-3-5-7-11;1-8(13)12-7-6-9-2-4-10(11)5-3-9;;;;;/h4-7H,3,8-9H2,1-2H3,(H,13,14);2-5,11H,6-7H2,1H3,(H,12,13);3-7,9H,8H2,1-2H3,(H,12,13);2-5H,6-7H2,1H3,(H,12,13);5*1H4. The van der Waals surface area contributed by atoms with Crippen LogP contribution < -0.4 is 21.3 Å². The summed E-state index contributed by atoms with van der Waals surface area (Å²) in [5.41, 5.74) is 7.82. The number of hydrogen-bond donors (Lipinski definition) is 4. The fraction of sp³-hybridized carbons (Fsp3) is 0.429. The van der Waals surface area contributed by atoms with E-state index < -0.39 is 0 Å². The molecule has 324 valence electrons. The summed E-state index contributed by atoms with van der Waals surface area (Å²) in [4.78, 5) is 42.7. The van der Waals surface area contributed by atoms with Crippen LogP contribution in [0.2, 0.25) is 5.02 Å². The van der Waals surface area contributed by atoms with Crippen molar-refractivity contribution in [1.29, 1.82) is 0 Å². The van der Waals surface area contributed by atoms with Crippen molar-refractivity contribution >= 4 is 35.2 Å². The van der Waals surface area contributed by atoms with Gasteiger partial charge in [-0.2, -0.15) is 0 Å². The van der Waals surface area contributed by atoms with Crippen LogP contribution in [0.4, 0.5) is 0 Å². The molecule has 0 fully saturated rings. The first-order chi connectivity index (χ1) is 25.4. The third-order valence-corrected chi connectivity index (χ3v) is 8.66. The zero-order valence-electron chi connectivity index (χ0n) is 32.1. The van der Waals surface area contributed by atoms with Gasteiger partial charge in [-0.1, -0.05) is 154 Å². The third-order valence-electron chi connectivity index (χ3n) is 8.40. The van der Waals surface area contributed by atoms with Crippen molar-refractivity contribution in [3.8, 4) is 0 Å². The molecule has 1 aliphatic rings. The molecule has 0 bridgehead atoms. The van der Waals surface area contributed by atoms with Crippen LogP contribution in [0, 0.1) is 0 Å². The average molecular weight is 822 g/mol. The van der Waals surface area contributed by atoms with E-state index in [1.54, 1.807) is 13.8 Å². The van der Waals surface area contributed by atoms with E-state index >= 15 is 0 Å². The maximum Gasteiger partial charge on any atom is 0.217 e. The zero-order chi connectivity index (χ0) is 39.0. The van der Waals surface area contributed by atoms with Crippen LogP contribution in [0.3, 0.4) is 0 Å². The van der Waals surface area contributed by atoms with Gasteiger partial charge >= 0.3 is 0 Å². The fourth-order valence-electron chi connectivity index (χ4n) is 5.50. The highest BCUT2D eigenvalue weighted by Gasteiger charge is 2.20. The molecule has 0 aromatic heterocycles. The Labute approximate surface area is 358 Å². The van der Waals surface area contributed by atoms with Gasteiger partial charge in [-0.25, -0.2) is 0 Å². The van der Waals surface area contributed by atoms with Gasteiger partial charge in [-0.15, -0.1) is 0 Å². The SMILES string of the molecule is C.C.C.C.C.CC(=O)NC1Cc2ccccc2C1.CC(=O)NCC(C)c1ccccc1.CC(=O)NCCc1ccc(Cl)cc1.CCc1ccc(CCNC(C)=O)cc1. The normalized spacial score (nSPS) is 10.7. The molecule has 0 spiro atoms. The molecule has 0 saturated carbocycles. The number of hydrogen-bond acceptors (Lipinski definition) is 4. The predicted molar refractivity (Wildman–Crippen MR) is 251 cm³/mol. The summed E-state index contributed by atoms with van der Waals surface area (Å²) in [5, 5.41) is 12.0. The number of nitrogens with one attached hydrogen (secondary N) is 4. The van der Waals surface area contributed by atoms with Crippen LogP contribution in [-0.2, 0) is 51.3 Å². The van der Waals surface area contributed by atoms with E-state index in [1.807, 2.05) is 42.5 Å². The molecule has 4 amide bonds. The van der Waals surface area contributed by atoms with E-state index in [-0.39, 0.29) is 60.8 Å². The van der Waals surface area contributed by atoms with Crippen LogP contribution in [0.15, 0.2) is 103 Å². The van der Waals surface area contributed by atoms with Gasteiger partial charge in [0.2, 0.25) is 23.6 Å². The second-order valence-corrected chi connectivity index (χ2v) is 13.5. The fourth-order valence-corrected chi connectivity index (χ4v) is 5.63. The third kappa shape index (κ3) is 26.8. The summed E-state index contributed by atoms with van der Waals surface area (Å²) in [5.74, 6) is 0.523. The smallest absolute Gasteiger partial charge is 0.217 e.